The maximum atomic E-state index is 11.3. The Kier molecular flexibility index (Phi) is 3.24. The maximum Gasteiger partial charge on any atom is 0.231 e. The normalized spacial score (nSPS) is 15.7. The molecule has 4 nitrogen and oxygen atoms in total. The Labute approximate surface area is 102 Å². The molecule has 2 rings (SSSR count). The minimum Gasteiger partial charge on any atom is -0.367 e. The van der Waals surface area contributed by atoms with Crippen molar-refractivity contribution in [3.63, 3.8) is 0 Å². The first-order valence-electron chi connectivity index (χ1n) is 4.99. The molecule has 1 aromatic carbocycles. The summed E-state index contributed by atoms with van der Waals surface area (Å²) in [7, 11) is 0. The second kappa shape index (κ2) is 4.65. The number of carbonyl (C=O) groups is 2. The molecule has 1 aromatic rings. The maximum absolute atomic E-state index is 11.3. The van der Waals surface area contributed by atoms with Crippen molar-refractivity contribution in [2.24, 2.45) is 0 Å². The van der Waals surface area contributed by atoms with E-state index in [1.807, 2.05) is 24.3 Å². The van der Waals surface area contributed by atoms with E-state index >= 15 is 0 Å². The molecular weight excluding hydrogens is 272 g/mol. The average molecular weight is 283 g/mol. The lowest BCUT2D eigenvalue weighted by atomic mass is 10.3. The number of carbonyl (C=O) groups excluding carboxylic acids is 2. The lowest BCUT2D eigenvalue weighted by Gasteiger charge is -2.15. The fraction of sp³-hybridized carbons (Fsp3) is 0.273. The van der Waals surface area contributed by atoms with E-state index in [4.69, 9.17) is 0 Å². The number of hydrogen-bond acceptors (Lipinski definition) is 3. The number of imide groups is 1. The van der Waals surface area contributed by atoms with E-state index in [0.717, 1.165) is 10.2 Å². The lowest BCUT2D eigenvalue weighted by Crippen LogP contribution is -2.33. The zero-order chi connectivity index (χ0) is 11.5. The Balaban J connectivity index is 1.97. The van der Waals surface area contributed by atoms with Crippen molar-refractivity contribution >= 4 is 33.4 Å². The highest BCUT2D eigenvalue weighted by Gasteiger charge is 2.28. The number of likely N-dealkylation sites (tertiary alicyclic amines) is 1. The molecule has 1 N–H and O–H groups in total. The Bertz CT molecular complexity index is 418. The molecule has 1 aliphatic heterocycles. The second-order valence-electron chi connectivity index (χ2n) is 3.56. The van der Waals surface area contributed by atoms with Crippen LogP contribution in [-0.4, -0.2) is 23.4 Å². The molecule has 0 radical (unpaired) electrons. The number of amides is 2. The van der Waals surface area contributed by atoms with Crippen molar-refractivity contribution in [3.8, 4) is 0 Å². The highest BCUT2D eigenvalue weighted by Crippen LogP contribution is 2.17. The number of anilines is 1. The largest absolute Gasteiger partial charge is 0.367 e. The monoisotopic (exact) mass is 282 g/mol. The van der Waals surface area contributed by atoms with E-state index in [1.165, 1.54) is 4.90 Å². The summed E-state index contributed by atoms with van der Waals surface area (Å²) < 4.78 is 0.955. The summed E-state index contributed by atoms with van der Waals surface area (Å²) in [5, 5.41) is 3.04. The number of nitrogens with one attached hydrogen (secondary N) is 1. The smallest absolute Gasteiger partial charge is 0.231 e. The van der Waals surface area contributed by atoms with Gasteiger partial charge in [-0.3, -0.25) is 14.5 Å². The van der Waals surface area contributed by atoms with Gasteiger partial charge in [0.15, 0.2) is 0 Å². The Morgan fingerprint density at radius 2 is 1.94 bits per heavy atom. The molecule has 0 aromatic heterocycles. The summed E-state index contributed by atoms with van der Waals surface area (Å²) in [5.41, 5.74) is 0.877. The minimum absolute atomic E-state index is 0.104. The van der Waals surface area contributed by atoms with Crippen molar-refractivity contribution in [1.82, 2.24) is 4.90 Å². The third kappa shape index (κ3) is 2.41. The van der Waals surface area contributed by atoms with Crippen molar-refractivity contribution in [3.05, 3.63) is 28.7 Å². The van der Waals surface area contributed by atoms with E-state index in [-0.39, 0.29) is 18.5 Å². The van der Waals surface area contributed by atoms with Crippen LogP contribution in [-0.2, 0) is 9.59 Å². The Morgan fingerprint density at radius 1 is 1.25 bits per heavy atom. The predicted octanol–water partition coefficient (Wildman–Crippen LogP) is 1.97. The molecule has 1 aliphatic rings. The number of hydrogen-bond donors (Lipinski definition) is 1. The van der Waals surface area contributed by atoms with Crippen molar-refractivity contribution in [1.29, 1.82) is 0 Å². The fourth-order valence-corrected chi connectivity index (χ4v) is 1.97. The SMILES string of the molecule is O=C1CCC(=O)N1CNc1cccc(Br)c1. The molecule has 0 unspecified atom stereocenters. The van der Waals surface area contributed by atoms with Gasteiger partial charge in [-0.1, -0.05) is 22.0 Å². The van der Waals surface area contributed by atoms with Gasteiger partial charge in [-0.05, 0) is 18.2 Å². The summed E-state index contributed by atoms with van der Waals surface area (Å²) in [6.45, 7) is 0.244. The Hall–Kier alpha value is -1.36. The molecular formula is C11H11BrN2O2. The van der Waals surface area contributed by atoms with Crippen LogP contribution in [0, 0.1) is 0 Å². The number of halogens is 1. The molecule has 1 saturated heterocycles. The summed E-state index contributed by atoms with van der Waals surface area (Å²) in [6, 6.07) is 7.58. The minimum atomic E-state index is -0.104. The van der Waals surface area contributed by atoms with Gasteiger partial charge in [0.05, 0.1) is 6.67 Å². The number of rotatable bonds is 3. The molecule has 1 heterocycles. The number of benzene rings is 1. The van der Waals surface area contributed by atoms with Crippen molar-refractivity contribution < 1.29 is 9.59 Å². The van der Waals surface area contributed by atoms with Gasteiger partial charge in [0.1, 0.15) is 0 Å². The van der Waals surface area contributed by atoms with E-state index in [0.29, 0.717) is 12.8 Å². The summed E-state index contributed by atoms with van der Waals surface area (Å²) in [6.07, 6.45) is 0.665. The first-order valence-corrected chi connectivity index (χ1v) is 5.79. The molecule has 1 fully saturated rings. The van der Waals surface area contributed by atoms with Crippen LogP contribution in [0.3, 0.4) is 0 Å². The van der Waals surface area contributed by atoms with Crippen LogP contribution in [0.2, 0.25) is 0 Å². The third-order valence-electron chi connectivity index (χ3n) is 2.42. The van der Waals surface area contributed by atoms with Crippen LogP contribution < -0.4 is 5.32 Å². The van der Waals surface area contributed by atoms with Crippen LogP contribution in [0.5, 0.6) is 0 Å². The van der Waals surface area contributed by atoms with Crippen LogP contribution in [0.4, 0.5) is 5.69 Å². The summed E-state index contributed by atoms with van der Waals surface area (Å²) in [4.78, 5) is 23.9. The zero-order valence-corrected chi connectivity index (χ0v) is 10.2. The van der Waals surface area contributed by atoms with Gasteiger partial charge in [-0.15, -0.1) is 0 Å². The molecule has 16 heavy (non-hydrogen) atoms. The quantitative estimate of drug-likeness (QED) is 0.863. The summed E-state index contributed by atoms with van der Waals surface area (Å²) >= 11 is 3.35. The molecule has 0 aliphatic carbocycles. The van der Waals surface area contributed by atoms with Gasteiger partial charge in [0.2, 0.25) is 11.8 Å². The van der Waals surface area contributed by atoms with Gasteiger partial charge in [-0.2, -0.15) is 0 Å². The van der Waals surface area contributed by atoms with E-state index < -0.39 is 0 Å². The molecule has 0 bridgehead atoms. The van der Waals surface area contributed by atoms with Crippen LogP contribution in [0.25, 0.3) is 0 Å². The average Bonchev–Trinajstić information content (AvgIpc) is 2.56. The van der Waals surface area contributed by atoms with Crippen LogP contribution in [0.1, 0.15) is 12.8 Å². The van der Waals surface area contributed by atoms with Gasteiger partial charge in [-0.25, -0.2) is 0 Å². The lowest BCUT2D eigenvalue weighted by molar-refractivity contribution is -0.137. The Morgan fingerprint density at radius 3 is 2.56 bits per heavy atom. The standard InChI is InChI=1S/C11H11BrN2O2/c12-8-2-1-3-9(6-8)13-7-14-10(15)4-5-11(14)16/h1-3,6,13H,4-5,7H2. The van der Waals surface area contributed by atoms with Gasteiger partial charge in [0.25, 0.3) is 0 Å². The van der Waals surface area contributed by atoms with E-state index in [1.54, 1.807) is 0 Å². The highest BCUT2D eigenvalue weighted by molar-refractivity contribution is 9.10. The molecule has 0 spiro atoms. The first kappa shape index (κ1) is 11.1. The predicted molar refractivity (Wildman–Crippen MR) is 63.7 cm³/mol. The van der Waals surface area contributed by atoms with Crippen molar-refractivity contribution in [2.75, 3.05) is 12.0 Å². The summed E-state index contributed by atoms with van der Waals surface area (Å²) in [5.74, 6) is -0.208. The van der Waals surface area contributed by atoms with E-state index in [2.05, 4.69) is 21.2 Å². The molecule has 0 saturated carbocycles. The highest BCUT2D eigenvalue weighted by atomic mass is 79.9. The van der Waals surface area contributed by atoms with Gasteiger partial charge >= 0.3 is 0 Å². The molecule has 5 heteroatoms. The van der Waals surface area contributed by atoms with E-state index in [9.17, 15) is 9.59 Å². The molecule has 84 valence electrons. The van der Waals surface area contributed by atoms with Crippen LogP contribution in [0.15, 0.2) is 28.7 Å². The van der Waals surface area contributed by atoms with Gasteiger partial charge < -0.3 is 5.32 Å². The van der Waals surface area contributed by atoms with Gasteiger partial charge in [0, 0.05) is 23.0 Å². The topological polar surface area (TPSA) is 49.4 Å². The first-order chi connectivity index (χ1) is 7.66. The number of nitrogens with zero attached hydrogens (tertiary/aromatic N) is 1. The molecule has 0 atom stereocenters. The molecule has 2 amide bonds. The van der Waals surface area contributed by atoms with Crippen molar-refractivity contribution in [2.45, 2.75) is 12.8 Å². The van der Waals surface area contributed by atoms with Crippen LogP contribution >= 0.6 is 15.9 Å². The second-order valence-corrected chi connectivity index (χ2v) is 4.48. The zero-order valence-electron chi connectivity index (χ0n) is 8.57. The fourth-order valence-electron chi connectivity index (χ4n) is 1.57. The third-order valence-corrected chi connectivity index (χ3v) is 2.91.